The van der Waals surface area contributed by atoms with Crippen LogP contribution in [0.3, 0.4) is 0 Å². The Morgan fingerprint density at radius 2 is 2.19 bits per heavy atom. The van der Waals surface area contributed by atoms with Crippen LogP contribution in [0.1, 0.15) is 12.0 Å². The highest BCUT2D eigenvalue weighted by Gasteiger charge is 2.28. The number of hydrogen-bond acceptors (Lipinski definition) is 3. The molecular formula is C11H16N2O2S. The van der Waals surface area contributed by atoms with E-state index in [1.54, 1.807) is 0 Å². The number of anilines is 1. The molecule has 1 aliphatic rings. The molecule has 1 fully saturated rings. The average Bonchev–Trinajstić information content (AvgIpc) is 2.59. The summed E-state index contributed by atoms with van der Waals surface area (Å²) in [5.74, 6) is 0.258. The highest BCUT2D eigenvalue weighted by Crippen LogP contribution is 2.24. The van der Waals surface area contributed by atoms with Crippen LogP contribution in [0.2, 0.25) is 0 Å². The molecule has 1 aromatic carbocycles. The standard InChI is InChI=1S/C11H16N2O2S/c12-6-5-10-3-1-4-11(9-10)13-7-2-8-16(13,14)15/h1,3-4,9H,2,5-8,12H2. The van der Waals surface area contributed by atoms with Crippen LogP contribution in [0, 0.1) is 0 Å². The largest absolute Gasteiger partial charge is 0.330 e. The van der Waals surface area contributed by atoms with E-state index in [0.717, 1.165) is 17.7 Å². The Morgan fingerprint density at radius 1 is 1.38 bits per heavy atom. The van der Waals surface area contributed by atoms with Gasteiger partial charge in [-0.2, -0.15) is 0 Å². The van der Waals surface area contributed by atoms with Crippen LogP contribution in [0.25, 0.3) is 0 Å². The van der Waals surface area contributed by atoms with Crippen molar-refractivity contribution in [2.75, 3.05) is 23.1 Å². The summed E-state index contributed by atoms with van der Waals surface area (Å²) in [7, 11) is -3.07. The maximum atomic E-state index is 11.7. The minimum atomic E-state index is -3.07. The van der Waals surface area contributed by atoms with E-state index in [0.29, 0.717) is 19.5 Å². The number of nitrogens with zero attached hydrogens (tertiary/aromatic N) is 1. The third kappa shape index (κ3) is 2.20. The van der Waals surface area contributed by atoms with Gasteiger partial charge < -0.3 is 5.73 Å². The maximum absolute atomic E-state index is 11.7. The summed E-state index contributed by atoms with van der Waals surface area (Å²) in [4.78, 5) is 0. The van der Waals surface area contributed by atoms with Gasteiger partial charge in [0, 0.05) is 6.54 Å². The quantitative estimate of drug-likeness (QED) is 0.847. The lowest BCUT2D eigenvalue weighted by Crippen LogP contribution is -2.25. The average molecular weight is 240 g/mol. The molecular weight excluding hydrogens is 224 g/mol. The van der Waals surface area contributed by atoms with Crippen LogP contribution in [0.15, 0.2) is 24.3 Å². The second kappa shape index (κ2) is 4.43. The van der Waals surface area contributed by atoms with E-state index in [1.165, 1.54) is 4.31 Å². The SMILES string of the molecule is NCCc1cccc(N2CCCS2(=O)=O)c1. The van der Waals surface area contributed by atoms with E-state index in [1.807, 2.05) is 24.3 Å². The fourth-order valence-corrected chi connectivity index (χ4v) is 3.52. The van der Waals surface area contributed by atoms with Crippen molar-refractivity contribution in [2.45, 2.75) is 12.8 Å². The van der Waals surface area contributed by atoms with E-state index >= 15 is 0 Å². The van der Waals surface area contributed by atoms with Gasteiger partial charge in [0.25, 0.3) is 0 Å². The molecule has 0 amide bonds. The van der Waals surface area contributed by atoms with Crippen LogP contribution in [-0.2, 0) is 16.4 Å². The Balaban J connectivity index is 2.30. The lowest BCUT2D eigenvalue weighted by atomic mass is 10.1. The molecule has 5 heteroatoms. The van der Waals surface area contributed by atoms with E-state index < -0.39 is 10.0 Å². The van der Waals surface area contributed by atoms with Crippen LogP contribution in [-0.4, -0.2) is 27.3 Å². The fourth-order valence-electron chi connectivity index (χ4n) is 1.96. The molecule has 1 aliphatic heterocycles. The Hall–Kier alpha value is -1.07. The van der Waals surface area contributed by atoms with Gasteiger partial charge >= 0.3 is 0 Å². The zero-order chi connectivity index (χ0) is 11.6. The molecule has 0 atom stereocenters. The molecule has 0 aromatic heterocycles. The van der Waals surface area contributed by atoms with Crippen LogP contribution >= 0.6 is 0 Å². The van der Waals surface area contributed by atoms with Crippen molar-refractivity contribution in [2.24, 2.45) is 5.73 Å². The van der Waals surface area contributed by atoms with E-state index in [-0.39, 0.29) is 5.75 Å². The molecule has 0 unspecified atom stereocenters. The highest BCUT2D eigenvalue weighted by atomic mass is 32.2. The van der Waals surface area contributed by atoms with E-state index in [2.05, 4.69) is 0 Å². The second-order valence-corrected chi connectivity index (χ2v) is 5.96. The van der Waals surface area contributed by atoms with Gasteiger partial charge in [-0.25, -0.2) is 8.42 Å². The van der Waals surface area contributed by atoms with Crippen molar-refractivity contribution in [3.05, 3.63) is 29.8 Å². The Morgan fingerprint density at radius 3 is 2.81 bits per heavy atom. The molecule has 1 heterocycles. The van der Waals surface area contributed by atoms with Gasteiger partial charge in [-0.05, 0) is 37.1 Å². The summed E-state index contributed by atoms with van der Waals surface area (Å²) in [6.45, 7) is 1.17. The summed E-state index contributed by atoms with van der Waals surface area (Å²) in [6.07, 6.45) is 1.49. The molecule has 2 N–H and O–H groups in total. The summed E-state index contributed by atoms with van der Waals surface area (Å²) in [5, 5.41) is 0. The second-order valence-electron chi connectivity index (χ2n) is 3.95. The summed E-state index contributed by atoms with van der Waals surface area (Å²) in [6, 6.07) is 7.60. The number of hydrogen-bond donors (Lipinski definition) is 1. The van der Waals surface area contributed by atoms with Crippen LogP contribution in [0.5, 0.6) is 0 Å². The Bertz CT molecular complexity index is 471. The third-order valence-corrected chi connectivity index (χ3v) is 4.60. The molecule has 0 spiro atoms. The molecule has 0 aliphatic carbocycles. The summed E-state index contributed by atoms with van der Waals surface area (Å²) in [5.41, 5.74) is 7.34. The minimum Gasteiger partial charge on any atom is -0.330 e. The molecule has 0 radical (unpaired) electrons. The monoisotopic (exact) mass is 240 g/mol. The van der Waals surface area contributed by atoms with Gasteiger partial charge in [0.1, 0.15) is 0 Å². The Labute approximate surface area is 96.1 Å². The number of benzene rings is 1. The minimum absolute atomic E-state index is 0.258. The third-order valence-electron chi connectivity index (χ3n) is 2.73. The van der Waals surface area contributed by atoms with Gasteiger partial charge in [0.2, 0.25) is 10.0 Å². The zero-order valence-corrected chi connectivity index (χ0v) is 9.91. The molecule has 1 aromatic rings. The molecule has 1 saturated heterocycles. The lowest BCUT2D eigenvalue weighted by molar-refractivity contribution is 0.599. The van der Waals surface area contributed by atoms with Crippen molar-refractivity contribution in [3.8, 4) is 0 Å². The molecule has 2 rings (SSSR count). The topological polar surface area (TPSA) is 63.4 Å². The fraction of sp³-hybridized carbons (Fsp3) is 0.455. The first kappa shape index (κ1) is 11.4. The van der Waals surface area contributed by atoms with Crippen molar-refractivity contribution < 1.29 is 8.42 Å². The molecule has 0 saturated carbocycles. The summed E-state index contributed by atoms with van der Waals surface area (Å²) < 4.78 is 25.0. The number of rotatable bonds is 3. The first-order valence-corrected chi connectivity index (χ1v) is 7.04. The van der Waals surface area contributed by atoms with Crippen molar-refractivity contribution in [1.82, 2.24) is 0 Å². The number of sulfonamides is 1. The van der Waals surface area contributed by atoms with Gasteiger partial charge in [0.15, 0.2) is 0 Å². The molecule has 88 valence electrons. The van der Waals surface area contributed by atoms with E-state index in [9.17, 15) is 8.42 Å². The Kier molecular flexibility index (Phi) is 3.16. The smallest absolute Gasteiger partial charge is 0.235 e. The van der Waals surface area contributed by atoms with Crippen molar-refractivity contribution in [1.29, 1.82) is 0 Å². The predicted octanol–water partition coefficient (Wildman–Crippen LogP) is 0.728. The van der Waals surface area contributed by atoms with Gasteiger partial charge in [-0.15, -0.1) is 0 Å². The van der Waals surface area contributed by atoms with Crippen molar-refractivity contribution >= 4 is 15.7 Å². The van der Waals surface area contributed by atoms with Gasteiger partial charge in [-0.1, -0.05) is 12.1 Å². The molecule has 16 heavy (non-hydrogen) atoms. The first-order chi connectivity index (χ1) is 7.63. The predicted molar refractivity (Wildman–Crippen MR) is 65.0 cm³/mol. The number of nitrogens with two attached hydrogens (primary N) is 1. The van der Waals surface area contributed by atoms with Crippen LogP contribution < -0.4 is 10.0 Å². The highest BCUT2D eigenvalue weighted by molar-refractivity contribution is 7.93. The molecule has 4 nitrogen and oxygen atoms in total. The lowest BCUT2D eigenvalue weighted by Gasteiger charge is -2.17. The first-order valence-electron chi connectivity index (χ1n) is 5.43. The zero-order valence-electron chi connectivity index (χ0n) is 9.09. The van der Waals surface area contributed by atoms with Crippen LogP contribution in [0.4, 0.5) is 5.69 Å². The van der Waals surface area contributed by atoms with Gasteiger partial charge in [0.05, 0.1) is 11.4 Å². The maximum Gasteiger partial charge on any atom is 0.235 e. The molecule has 0 bridgehead atoms. The van der Waals surface area contributed by atoms with Gasteiger partial charge in [-0.3, -0.25) is 4.31 Å². The van der Waals surface area contributed by atoms with E-state index in [4.69, 9.17) is 5.73 Å². The normalized spacial score (nSPS) is 18.9. The van der Waals surface area contributed by atoms with Crippen molar-refractivity contribution in [3.63, 3.8) is 0 Å². The summed E-state index contributed by atoms with van der Waals surface area (Å²) >= 11 is 0.